The summed E-state index contributed by atoms with van der Waals surface area (Å²) in [6, 6.07) is 0.927. The van der Waals surface area contributed by atoms with Crippen LogP contribution in [0.15, 0.2) is 34.5 Å². The minimum Gasteiger partial charge on any atom is -0.382 e. The van der Waals surface area contributed by atoms with Gasteiger partial charge in [0.25, 0.3) is 5.56 Å². The van der Waals surface area contributed by atoms with E-state index < -0.39 is 88.3 Å². The van der Waals surface area contributed by atoms with Gasteiger partial charge in [0, 0.05) is 12.3 Å². The van der Waals surface area contributed by atoms with Crippen molar-refractivity contribution < 1.29 is 50.4 Å². The number of halogens is 2. The molecule has 23 heteroatoms. The van der Waals surface area contributed by atoms with Crippen molar-refractivity contribution in [2.75, 3.05) is 18.9 Å². The van der Waals surface area contributed by atoms with E-state index >= 15 is 8.78 Å². The Bertz CT molecular complexity index is 1730. The molecule has 42 heavy (non-hydrogen) atoms. The molecule has 4 N–H and O–H groups in total. The Balaban J connectivity index is 1.28. The standard InChI is InChI=1S/C19H21F2N7O11P2S/c20-10-13-8(37-18(10)28-6-25-12-15(22)23-5-24-16(12)28)4-35-41(33,42)39-14-7(3-34-40(31,32)38-13)36-17(11(14)21)27-2-1-9(29)26-19(27)30/h1-2,5-8,10-11,13-14,17-18H,3-4H2,(H,31,32)(H,33,42)(H2,22,23,24)(H,26,29,30). The van der Waals surface area contributed by atoms with Crippen LogP contribution in [0.5, 0.6) is 0 Å². The zero-order valence-electron chi connectivity index (χ0n) is 20.8. The van der Waals surface area contributed by atoms with Crippen LogP contribution in [0, 0.1) is 0 Å². The number of ether oxygens (including phenoxy) is 2. The molecule has 0 aliphatic carbocycles. The molecule has 0 bridgehead atoms. The third-order valence-electron chi connectivity index (χ3n) is 6.63. The highest BCUT2D eigenvalue weighted by atomic mass is 32.7. The summed E-state index contributed by atoms with van der Waals surface area (Å²) in [6.07, 6.45) is -11.2. The first kappa shape index (κ1) is 29.5. The number of alkyl halides is 2. The molecular formula is C19H21F2N7O11P2S. The molecule has 18 nitrogen and oxygen atoms in total. The number of rotatable bonds is 2. The highest BCUT2D eigenvalue weighted by Crippen LogP contribution is 2.58. The largest absolute Gasteiger partial charge is 0.472 e. The maximum atomic E-state index is 15.8. The topological polar surface area (TPSA) is 234 Å². The molecule has 0 spiro atoms. The van der Waals surface area contributed by atoms with Crippen molar-refractivity contribution in [2.24, 2.45) is 0 Å². The quantitative estimate of drug-likeness (QED) is 0.216. The molecule has 3 aromatic heterocycles. The number of nitrogens with one attached hydrogen (secondary N) is 1. The van der Waals surface area contributed by atoms with Crippen LogP contribution >= 0.6 is 26.9 Å². The van der Waals surface area contributed by atoms with Gasteiger partial charge in [0.2, 0.25) is 0 Å². The Hall–Kier alpha value is -2.58. The third-order valence-corrected chi connectivity index (χ3v) is 9.23. The number of nitrogen functional groups attached to an aromatic ring is 1. The van der Waals surface area contributed by atoms with Crippen LogP contribution in [0.3, 0.4) is 0 Å². The second-order valence-electron chi connectivity index (χ2n) is 9.29. The monoisotopic (exact) mass is 655 g/mol. The molecule has 3 saturated heterocycles. The third kappa shape index (κ3) is 5.45. The Morgan fingerprint density at radius 2 is 1.64 bits per heavy atom. The van der Waals surface area contributed by atoms with Gasteiger partial charge >= 0.3 is 20.3 Å². The molecule has 3 aliphatic heterocycles. The van der Waals surface area contributed by atoms with E-state index in [1.807, 2.05) is 4.98 Å². The lowest BCUT2D eigenvalue weighted by atomic mass is 10.1. The maximum absolute atomic E-state index is 15.8. The van der Waals surface area contributed by atoms with Gasteiger partial charge in [-0.15, -0.1) is 0 Å². The van der Waals surface area contributed by atoms with E-state index in [0.717, 1.165) is 29.5 Å². The van der Waals surface area contributed by atoms with Gasteiger partial charge in [-0.2, -0.15) is 0 Å². The molecule has 0 saturated carbocycles. The summed E-state index contributed by atoms with van der Waals surface area (Å²) in [5.74, 6) is 0.00579. The number of hydrogen-bond acceptors (Lipinski definition) is 14. The molecule has 0 radical (unpaired) electrons. The van der Waals surface area contributed by atoms with Crippen LogP contribution < -0.4 is 17.0 Å². The fraction of sp³-hybridized carbons (Fsp3) is 0.526. The second-order valence-corrected chi connectivity index (χ2v) is 13.6. The van der Waals surface area contributed by atoms with Crippen molar-refractivity contribution in [1.29, 1.82) is 0 Å². The molecule has 0 amide bonds. The van der Waals surface area contributed by atoms with Crippen LogP contribution in [-0.4, -0.2) is 83.9 Å². The highest BCUT2D eigenvalue weighted by molar-refractivity contribution is 8.44. The minimum absolute atomic E-state index is 0.00579. The predicted molar refractivity (Wildman–Crippen MR) is 137 cm³/mol. The number of hydrogen-bond donors (Lipinski definition) is 4. The first-order valence-corrected chi connectivity index (χ1v) is 16.2. The number of fused-ring (bicyclic) bond motifs is 3. The van der Waals surface area contributed by atoms with Crippen LogP contribution in [0.4, 0.5) is 14.6 Å². The molecular weight excluding hydrogens is 634 g/mol. The summed E-state index contributed by atoms with van der Waals surface area (Å²) in [4.78, 5) is 47.8. The fourth-order valence-electron chi connectivity index (χ4n) is 4.74. The van der Waals surface area contributed by atoms with E-state index in [-0.39, 0.29) is 17.0 Å². The summed E-state index contributed by atoms with van der Waals surface area (Å²) >= 11 is 3.87. The molecule has 228 valence electrons. The number of nitrogens with zero attached hydrogens (tertiary/aromatic N) is 5. The fourth-order valence-corrected chi connectivity index (χ4v) is 7.18. The summed E-state index contributed by atoms with van der Waals surface area (Å²) in [5, 5.41) is 0. The summed E-state index contributed by atoms with van der Waals surface area (Å²) in [5.41, 5.74) is 4.19. The van der Waals surface area contributed by atoms with Gasteiger partial charge in [-0.25, -0.2) is 37.7 Å². The van der Waals surface area contributed by atoms with E-state index in [1.165, 1.54) is 0 Å². The molecule has 10 unspecified atom stereocenters. The van der Waals surface area contributed by atoms with Gasteiger partial charge in [-0.1, -0.05) is 12.2 Å². The highest BCUT2D eigenvalue weighted by Gasteiger charge is 2.54. The molecule has 6 rings (SSSR count). The number of phosphoric acid groups is 1. The number of anilines is 1. The number of H-pyrrole nitrogens is 1. The summed E-state index contributed by atoms with van der Waals surface area (Å²) < 4.78 is 91.0. The smallest absolute Gasteiger partial charge is 0.382 e. The molecule has 0 aromatic carbocycles. The maximum Gasteiger partial charge on any atom is 0.472 e. The Labute approximate surface area is 237 Å². The average molecular weight is 655 g/mol. The van der Waals surface area contributed by atoms with Crippen molar-refractivity contribution in [3.05, 3.63) is 45.8 Å². The number of aromatic amines is 1. The average Bonchev–Trinajstić information content (AvgIpc) is 3.57. The zero-order valence-corrected chi connectivity index (χ0v) is 23.5. The van der Waals surface area contributed by atoms with E-state index in [1.54, 1.807) is 0 Å². The molecule has 10 atom stereocenters. The SMILES string of the molecule is Nc1ncnc2c1ncn2C1OC2COP(=O)(S)OC3C(COP(=O)(O)OC2C1F)OC(n1ccc(=O)[nH]c1=O)C3F. The van der Waals surface area contributed by atoms with Gasteiger partial charge in [0.15, 0.2) is 36.3 Å². The van der Waals surface area contributed by atoms with E-state index in [0.29, 0.717) is 4.57 Å². The van der Waals surface area contributed by atoms with Crippen LogP contribution in [0.2, 0.25) is 0 Å². The molecule has 6 heterocycles. The minimum atomic E-state index is -5.12. The molecule has 3 fully saturated rings. The van der Waals surface area contributed by atoms with Gasteiger partial charge in [-0.3, -0.25) is 37.0 Å². The van der Waals surface area contributed by atoms with E-state index in [9.17, 15) is 23.6 Å². The Kier molecular flexibility index (Phi) is 7.62. The van der Waals surface area contributed by atoms with Crippen LogP contribution in [0.1, 0.15) is 12.5 Å². The lowest BCUT2D eigenvalue weighted by Crippen LogP contribution is -2.37. The number of aromatic nitrogens is 6. The predicted octanol–water partition coefficient (Wildman–Crippen LogP) is 0.385. The van der Waals surface area contributed by atoms with Crippen LogP contribution in [0.25, 0.3) is 11.2 Å². The van der Waals surface area contributed by atoms with Crippen molar-refractivity contribution in [3.63, 3.8) is 0 Å². The molecule has 3 aliphatic rings. The van der Waals surface area contributed by atoms with Crippen molar-refractivity contribution >= 4 is 43.9 Å². The normalized spacial score (nSPS) is 39.3. The number of phosphoric ester groups is 1. The number of imidazole rings is 1. The Morgan fingerprint density at radius 3 is 2.33 bits per heavy atom. The van der Waals surface area contributed by atoms with Gasteiger partial charge in [0.1, 0.15) is 36.3 Å². The molecule has 3 aromatic rings. The van der Waals surface area contributed by atoms with Gasteiger partial charge in [-0.05, 0) is 0 Å². The first-order chi connectivity index (χ1) is 19.8. The van der Waals surface area contributed by atoms with E-state index in [4.69, 9.17) is 33.3 Å². The zero-order chi connectivity index (χ0) is 30.0. The lowest BCUT2D eigenvalue weighted by Gasteiger charge is -2.27. The summed E-state index contributed by atoms with van der Waals surface area (Å²) in [7, 11) is -5.12. The Morgan fingerprint density at radius 1 is 1.00 bits per heavy atom. The van der Waals surface area contributed by atoms with Gasteiger partial charge < -0.3 is 20.1 Å². The summed E-state index contributed by atoms with van der Waals surface area (Å²) in [6.45, 7) is -6.17. The van der Waals surface area contributed by atoms with Gasteiger partial charge in [0.05, 0.1) is 19.5 Å². The number of thiol groups is 1. The van der Waals surface area contributed by atoms with Crippen molar-refractivity contribution in [1.82, 2.24) is 29.1 Å². The lowest BCUT2D eigenvalue weighted by molar-refractivity contribution is -0.0619. The number of nitrogens with two attached hydrogens (primary N) is 1. The van der Waals surface area contributed by atoms with Crippen LogP contribution in [-0.2, 0) is 36.7 Å². The van der Waals surface area contributed by atoms with Crippen molar-refractivity contribution in [2.45, 2.75) is 49.2 Å². The second kappa shape index (κ2) is 10.8. The van der Waals surface area contributed by atoms with E-state index in [2.05, 4.69) is 27.2 Å². The van der Waals surface area contributed by atoms with Crippen molar-refractivity contribution in [3.8, 4) is 0 Å². The first-order valence-electron chi connectivity index (χ1n) is 12.0.